The van der Waals surface area contributed by atoms with Crippen LogP contribution in [-0.4, -0.2) is 20.9 Å². The Hall–Kier alpha value is 0.920. The third kappa shape index (κ3) is 3.35. The first-order valence-corrected chi connectivity index (χ1v) is 5.26. The van der Waals surface area contributed by atoms with E-state index in [1.54, 1.807) is 0 Å². The van der Waals surface area contributed by atoms with E-state index < -0.39 is 0 Å². The Bertz CT molecular complexity index is 81.6. The zero-order valence-electron chi connectivity index (χ0n) is 6.51. The van der Waals surface area contributed by atoms with Crippen molar-refractivity contribution in [3.05, 3.63) is 0 Å². The van der Waals surface area contributed by atoms with E-state index in [1.165, 1.54) is 0 Å². The van der Waals surface area contributed by atoms with Crippen LogP contribution in [0.5, 0.6) is 0 Å². The van der Waals surface area contributed by atoms with E-state index in [0.29, 0.717) is 10.7 Å². The molecule has 0 heterocycles. The summed E-state index contributed by atoms with van der Waals surface area (Å²) in [6.45, 7) is 6.04. The molecule has 0 saturated carbocycles. The summed E-state index contributed by atoms with van der Waals surface area (Å²) in [6, 6.07) is 0. The Balaban J connectivity index is 3.81. The van der Waals surface area contributed by atoms with Crippen LogP contribution in [0.3, 0.4) is 0 Å². The van der Waals surface area contributed by atoms with E-state index in [4.69, 9.17) is 0 Å². The van der Waals surface area contributed by atoms with Gasteiger partial charge in [0.25, 0.3) is 0 Å². The molecule has 10 heavy (non-hydrogen) atoms. The highest BCUT2D eigenvalue weighted by Crippen LogP contribution is 2.21. The zero-order valence-corrected chi connectivity index (χ0v) is 9.68. The van der Waals surface area contributed by atoms with Crippen molar-refractivity contribution in [1.82, 2.24) is 0 Å². The molecule has 3 heteroatoms. The molecule has 0 amide bonds. The van der Waals surface area contributed by atoms with Crippen LogP contribution in [0.25, 0.3) is 0 Å². The van der Waals surface area contributed by atoms with Gasteiger partial charge in [-0.15, -0.1) is 0 Å². The fourth-order valence-corrected chi connectivity index (χ4v) is 1.56. The molecule has 3 unspecified atom stereocenters. The number of aliphatic hydroxyl groups is 1. The number of alkyl halides is 2. The van der Waals surface area contributed by atoms with E-state index in [-0.39, 0.29) is 10.9 Å². The van der Waals surface area contributed by atoms with Crippen molar-refractivity contribution in [3.63, 3.8) is 0 Å². The van der Waals surface area contributed by atoms with Gasteiger partial charge in [0.1, 0.15) is 0 Å². The van der Waals surface area contributed by atoms with Crippen molar-refractivity contribution < 1.29 is 5.11 Å². The van der Waals surface area contributed by atoms with Gasteiger partial charge in [-0.05, 0) is 5.92 Å². The quantitative estimate of drug-likeness (QED) is 0.784. The van der Waals surface area contributed by atoms with Gasteiger partial charge in [-0.2, -0.15) is 0 Å². The molecule has 1 N–H and O–H groups in total. The molecule has 0 aromatic heterocycles. The first-order chi connectivity index (χ1) is 4.46. The smallest absolute Gasteiger partial charge is 0.0698 e. The molecular weight excluding hydrogens is 260 g/mol. The lowest BCUT2D eigenvalue weighted by Crippen LogP contribution is -2.31. The molecule has 0 rings (SSSR count). The summed E-state index contributed by atoms with van der Waals surface area (Å²) in [7, 11) is 0. The summed E-state index contributed by atoms with van der Waals surface area (Å²) in [6.07, 6.45) is -0.269. The molecule has 0 aliphatic rings. The van der Waals surface area contributed by atoms with Crippen molar-refractivity contribution in [2.45, 2.75) is 36.5 Å². The summed E-state index contributed by atoms with van der Waals surface area (Å²) >= 11 is 6.81. The molecule has 0 aromatic rings. The molecule has 0 bridgehead atoms. The van der Waals surface area contributed by atoms with Crippen LogP contribution in [0.2, 0.25) is 0 Å². The molecule has 0 fully saturated rings. The van der Waals surface area contributed by atoms with Crippen LogP contribution in [0.1, 0.15) is 20.8 Å². The van der Waals surface area contributed by atoms with Gasteiger partial charge in [0, 0.05) is 4.83 Å². The van der Waals surface area contributed by atoms with Crippen molar-refractivity contribution in [2.24, 2.45) is 5.92 Å². The Morgan fingerprint density at radius 3 is 1.60 bits per heavy atom. The van der Waals surface area contributed by atoms with Crippen molar-refractivity contribution in [3.8, 4) is 0 Å². The molecule has 0 saturated heterocycles. The van der Waals surface area contributed by atoms with Crippen LogP contribution in [0.15, 0.2) is 0 Å². The highest BCUT2D eigenvalue weighted by atomic mass is 79.9. The molecular formula is C7H14Br2O. The Morgan fingerprint density at radius 1 is 1.10 bits per heavy atom. The predicted molar refractivity (Wildman–Crippen MR) is 51.9 cm³/mol. The molecule has 62 valence electrons. The van der Waals surface area contributed by atoms with Gasteiger partial charge < -0.3 is 5.11 Å². The van der Waals surface area contributed by atoms with Gasteiger partial charge in [-0.25, -0.2) is 0 Å². The molecule has 0 aliphatic heterocycles. The summed E-state index contributed by atoms with van der Waals surface area (Å²) in [5.74, 6) is 0.310. The summed E-state index contributed by atoms with van der Waals surface area (Å²) in [4.78, 5) is 0.456. The number of hydrogen-bond acceptors (Lipinski definition) is 1. The lowest BCUT2D eigenvalue weighted by molar-refractivity contribution is 0.125. The average molecular weight is 274 g/mol. The fourth-order valence-electron chi connectivity index (χ4n) is 0.639. The number of rotatable bonds is 3. The minimum absolute atomic E-state index is 0.146. The van der Waals surface area contributed by atoms with Gasteiger partial charge in [0.05, 0.1) is 10.9 Å². The maximum absolute atomic E-state index is 9.49. The highest BCUT2D eigenvalue weighted by molar-refractivity contribution is 9.12. The standard InChI is InChI=1S/C7H14Br2O/c1-4(2)7(10)6(9)5(3)8/h4-7,10H,1-3H3. The number of halogens is 2. The third-order valence-electron chi connectivity index (χ3n) is 1.45. The van der Waals surface area contributed by atoms with Gasteiger partial charge >= 0.3 is 0 Å². The average Bonchev–Trinajstić information content (AvgIpc) is 1.84. The van der Waals surface area contributed by atoms with E-state index in [1.807, 2.05) is 20.8 Å². The lowest BCUT2D eigenvalue weighted by Gasteiger charge is -2.22. The topological polar surface area (TPSA) is 20.2 Å². The summed E-state index contributed by atoms with van der Waals surface area (Å²) < 4.78 is 0. The second-order valence-electron chi connectivity index (χ2n) is 2.86. The van der Waals surface area contributed by atoms with Crippen LogP contribution >= 0.6 is 31.9 Å². The minimum Gasteiger partial charge on any atom is -0.392 e. The SMILES string of the molecule is CC(C)C(O)C(Br)C(C)Br. The van der Waals surface area contributed by atoms with E-state index in [9.17, 15) is 5.11 Å². The summed E-state index contributed by atoms with van der Waals surface area (Å²) in [5.41, 5.74) is 0. The van der Waals surface area contributed by atoms with E-state index in [0.717, 1.165) is 0 Å². The maximum atomic E-state index is 9.49. The summed E-state index contributed by atoms with van der Waals surface area (Å²) in [5, 5.41) is 9.49. The first-order valence-electron chi connectivity index (χ1n) is 3.43. The minimum atomic E-state index is -0.269. The van der Waals surface area contributed by atoms with Crippen molar-refractivity contribution in [1.29, 1.82) is 0 Å². The predicted octanol–water partition coefficient (Wildman–Crippen LogP) is 2.55. The van der Waals surface area contributed by atoms with Crippen molar-refractivity contribution in [2.75, 3.05) is 0 Å². The molecule has 0 aliphatic carbocycles. The largest absolute Gasteiger partial charge is 0.392 e. The normalized spacial score (nSPS) is 20.7. The number of hydrogen-bond donors (Lipinski definition) is 1. The van der Waals surface area contributed by atoms with Gasteiger partial charge in [-0.1, -0.05) is 52.6 Å². The van der Waals surface area contributed by atoms with Gasteiger partial charge in [-0.3, -0.25) is 0 Å². The second-order valence-corrected chi connectivity index (χ2v) is 5.36. The monoisotopic (exact) mass is 272 g/mol. The number of aliphatic hydroxyl groups excluding tert-OH is 1. The Kier molecular flexibility index (Phi) is 5.16. The maximum Gasteiger partial charge on any atom is 0.0698 e. The Morgan fingerprint density at radius 2 is 1.50 bits per heavy atom. The fraction of sp³-hybridized carbons (Fsp3) is 1.00. The second kappa shape index (κ2) is 4.73. The molecule has 1 nitrogen and oxygen atoms in total. The van der Waals surface area contributed by atoms with Crippen molar-refractivity contribution >= 4 is 31.9 Å². The van der Waals surface area contributed by atoms with Gasteiger partial charge in [0.15, 0.2) is 0 Å². The van der Waals surface area contributed by atoms with Crippen LogP contribution in [0, 0.1) is 5.92 Å². The Labute approximate surface area is 79.5 Å². The molecule has 0 spiro atoms. The third-order valence-corrected chi connectivity index (χ3v) is 4.06. The van der Waals surface area contributed by atoms with Crippen LogP contribution in [0.4, 0.5) is 0 Å². The van der Waals surface area contributed by atoms with E-state index in [2.05, 4.69) is 31.9 Å². The molecule has 0 aromatic carbocycles. The first kappa shape index (κ1) is 10.9. The highest BCUT2D eigenvalue weighted by Gasteiger charge is 2.22. The van der Waals surface area contributed by atoms with Crippen LogP contribution < -0.4 is 0 Å². The molecule has 3 atom stereocenters. The van der Waals surface area contributed by atoms with Gasteiger partial charge in [0.2, 0.25) is 0 Å². The molecule has 0 radical (unpaired) electrons. The van der Waals surface area contributed by atoms with Crippen LogP contribution in [-0.2, 0) is 0 Å². The zero-order chi connectivity index (χ0) is 8.31. The van der Waals surface area contributed by atoms with E-state index >= 15 is 0 Å². The lowest BCUT2D eigenvalue weighted by atomic mass is 10.0.